The van der Waals surface area contributed by atoms with Gasteiger partial charge >= 0.3 is 0 Å². The highest BCUT2D eigenvalue weighted by molar-refractivity contribution is 7.99. The third-order valence-corrected chi connectivity index (χ3v) is 4.15. The standard InChI is InChI=1S/C16H16N4S/c1-3-21-11-12(2)14-9-8-13(10-17-14)20-16-7-5-4-6-15(16)18-19-20/h4-10H,2-3,11H2,1H3. The summed E-state index contributed by atoms with van der Waals surface area (Å²) in [5.41, 5.74) is 4.75. The molecule has 0 spiro atoms. The van der Waals surface area contributed by atoms with Gasteiger partial charge in [-0.1, -0.05) is 30.8 Å². The van der Waals surface area contributed by atoms with E-state index in [2.05, 4.69) is 28.8 Å². The molecule has 0 aliphatic heterocycles. The maximum absolute atomic E-state index is 4.49. The largest absolute Gasteiger partial charge is 0.254 e. The van der Waals surface area contributed by atoms with Gasteiger partial charge in [0.25, 0.3) is 0 Å². The minimum absolute atomic E-state index is 0.880. The number of fused-ring (bicyclic) bond motifs is 1. The summed E-state index contributed by atoms with van der Waals surface area (Å²) >= 11 is 1.85. The Morgan fingerprint density at radius 3 is 2.86 bits per heavy atom. The summed E-state index contributed by atoms with van der Waals surface area (Å²) in [7, 11) is 0. The zero-order valence-corrected chi connectivity index (χ0v) is 12.7. The second-order valence-corrected chi connectivity index (χ2v) is 5.91. The van der Waals surface area contributed by atoms with Crippen molar-refractivity contribution in [2.45, 2.75) is 6.92 Å². The molecule has 2 aromatic heterocycles. The van der Waals surface area contributed by atoms with E-state index in [0.29, 0.717) is 0 Å². The molecule has 5 heteroatoms. The van der Waals surface area contributed by atoms with Gasteiger partial charge in [0.1, 0.15) is 5.52 Å². The van der Waals surface area contributed by atoms with Gasteiger partial charge in [-0.05, 0) is 35.6 Å². The Balaban J connectivity index is 1.89. The number of benzene rings is 1. The molecule has 0 amide bonds. The first-order valence-corrected chi connectivity index (χ1v) is 7.98. The fraction of sp³-hybridized carbons (Fsp3) is 0.188. The molecule has 0 unspecified atom stereocenters. The molecular formula is C16H16N4S. The monoisotopic (exact) mass is 296 g/mol. The first kappa shape index (κ1) is 13.8. The molecule has 0 fully saturated rings. The lowest BCUT2D eigenvalue weighted by molar-refractivity contribution is 0.819. The minimum Gasteiger partial charge on any atom is -0.254 e. The Kier molecular flexibility index (Phi) is 4.01. The first-order valence-electron chi connectivity index (χ1n) is 6.82. The number of rotatable bonds is 5. The van der Waals surface area contributed by atoms with E-state index in [1.165, 1.54) is 0 Å². The zero-order valence-electron chi connectivity index (χ0n) is 11.9. The van der Waals surface area contributed by atoms with Gasteiger partial charge in [0.05, 0.1) is 23.1 Å². The van der Waals surface area contributed by atoms with Crippen LogP contribution in [0.1, 0.15) is 12.6 Å². The van der Waals surface area contributed by atoms with Gasteiger partial charge in [0.2, 0.25) is 0 Å². The van der Waals surface area contributed by atoms with E-state index in [0.717, 1.165) is 39.5 Å². The predicted molar refractivity (Wildman–Crippen MR) is 88.7 cm³/mol. The van der Waals surface area contributed by atoms with Gasteiger partial charge in [-0.3, -0.25) is 4.98 Å². The molecule has 0 aliphatic carbocycles. The maximum atomic E-state index is 4.49. The van der Waals surface area contributed by atoms with Gasteiger partial charge in [0, 0.05) is 5.75 Å². The Labute approximate surface area is 127 Å². The van der Waals surface area contributed by atoms with Crippen LogP contribution in [0.25, 0.3) is 22.3 Å². The van der Waals surface area contributed by atoms with Gasteiger partial charge in [-0.2, -0.15) is 11.8 Å². The zero-order chi connectivity index (χ0) is 14.7. The lowest BCUT2D eigenvalue weighted by Crippen LogP contribution is -1.99. The van der Waals surface area contributed by atoms with Crippen LogP contribution in [-0.4, -0.2) is 31.5 Å². The summed E-state index contributed by atoms with van der Waals surface area (Å²) in [5, 5.41) is 8.35. The molecule has 1 aromatic carbocycles. The average molecular weight is 296 g/mol. The molecule has 3 aromatic rings. The molecule has 0 N–H and O–H groups in total. The Hall–Kier alpha value is -2.14. The molecule has 21 heavy (non-hydrogen) atoms. The van der Waals surface area contributed by atoms with Crippen LogP contribution in [0.15, 0.2) is 49.2 Å². The Morgan fingerprint density at radius 2 is 2.10 bits per heavy atom. The van der Waals surface area contributed by atoms with Crippen molar-refractivity contribution in [2.75, 3.05) is 11.5 Å². The van der Waals surface area contributed by atoms with E-state index in [4.69, 9.17) is 0 Å². The molecule has 0 saturated heterocycles. The molecule has 0 atom stereocenters. The van der Waals surface area contributed by atoms with Gasteiger partial charge < -0.3 is 0 Å². The second kappa shape index (κ2) is 6.10. The van der Waals surface area contributed by atoms with Crippen LogP contribution in [0.3, 0.4) is 0 Å². The summed E-state index contributed by atoms with van der Waals surface area (Å²) in [5.74, 6) is 2.00. The van der Waals surface area contributed by atoms with E-state index in [1.807, 2.05) is 54.4 Å². The Morgan fingerprint density at radius 1 is 1.24 bits per heavy atom. The number of para-hydroxylation sites is 1. The third kappa shape index (κ3) is 2.83. The SMILES string of the molecule is C=C(CSCC)c1ccc(-n2nnc3ccccc32)cn1. The third-order valence-electron chi connectivity index (χ3n) is 3.19. The van der Waals surface area contributed by atoms with Crippen LogP contribution in [0.2, 0.25) is 0 Å². The fourth-order valence-electron chi connectivity index (χ4n) is 2.08. The van der Waals surface area contributed by atoms with Crippen molar-refractivity contribution in [3.8, 4) is 5.69 Å². The van der Waals surface area contributed by atoms with Crippen LogP contribution in [-0.2, 0) is 0 Å². The molecular weight excluding hydrogens is 280 g/mol. The van der Waals surface area contributed by atoms with E-state index >= 15 is 0 Å². The quantitative estimate of drug-likeness (QED) is 0.722. The summed E-state index contributed by atoms with van der Waals surface area (Å²) in [6.07, 6.45) is 1.82. The molecule has 2 heterocycles. The van der Waals surface area contributed by atoms with Crippen LogP contribution in [0.4, 0.5) is 0 Å². The highest BCUT2D eigenvalue weighted by Gasteiger charge is 2.07. The summed E-state index contributed by atoms with van der Waals surface area (Å²) in [6.45, 7) is 6.23. The van der Waals surface area contributed by atoms with Crippen LogP contribution in [0, 0.1) is 0 Å². The van der Waals surface area contributed by atoms with Crippen molar-refractivity contribution in [1.29, 1.82) is 0 Å². The van der Waals surface area contributed by atoms with Gasteiger partial charge in [0.15, 0.2) is 0 Å². The van der Waals surface area contributed by atoms with Crippen molar-refractivity contribution in [2.24, 2.45) is 0 Å². The molecule has 0 saturated carbocycles. The number of nitrogens with zero attached hydrogens (tertiary/aromatic N) is 4. The summed E-state index contributed by atoms with van der Waals surface area (Å²) < 4.78 is 1.80. The summed E-state index contributed by atoms with van der Waals surface area (Å²) in [6, 6.07) is 11.9. The van der Waals surface area contributed by atoms with Crippen molar-refractivity contribution in [3.05, 3.63) is 54.9 Å². The van der Waals surface area contributed by atoms with Crippen LogP contribution >= 0.6 is 11.8 Å². The number of hydrogen-bond acceptors (Lipinski definition) is 4. The molecule has 0 radical (unpaired) electrons. The molecule has 0 bridgehead atoms. The lowest BCUT2D eigenvalue weighted by atomic mass is 10.2. The highest BCUT2D eigenvalue weighted by Crippen LogP contribution is 2.19. The first-order chi connectivity index (χ1) is 10.3. The predicted octanol–water partition coefficient (Wildman–Crippen LogP) is 3.58. The number of thioether (sulfide) groups is 1. The topological polar surface area (TPSA) is 43.6 Å². The number of aromatic nitrogens is 4. The van der Waals surface area contributed by atoms with Crippen LogP contribution < -0.4 is 0 Å². The maximum Gasteiger partial charge on any atom is 0.113 e. The molecule has 0 aliphatic rings. The van der Waals surface area contributed by atoms with Crippen molar-refractivity contribution in [3.63, 3.8) is 0 Å². The number of hydrogen-bond donors (Lipinski definition) is 0. The van der Waals surface area contributed by atoms with E-state index < -0.39 is 0 Å². The van der Waals surface area contributed by atoms with Crippen molar-refractivity contribution >= 4 is 28.4 Å². The van der Waals surface area contributed by atoms with E-state index in [9.17, 15) is 0 Å². The van der Waals surface area contributed by atoms with E-state index in [1.54, 1.807) is 4.68 Å². The number of pyridine rings is 1. The average Bonchev–Trinajstić information content (AvgIpc) is 2.97. The van der Waals surface area contributed by atoms with Gasteiger partial charge in [-0.15, -0.1) is 5.10 Å². The van der Waals surface area contributed by atoms with Gasteiger partial charge in [-0.25, -0.2) is 4.68 Å². The Bertz CT molecular complexity index is 761. The van der Waals surface area contributed by atoms with Crippen molar-refractivity contribution in [1.82, 2.24) is 20.0 Å². The highest BCUT2D eigenvalue weighted by atomic mass is 32.2. The molecule has 4 nitrogen and oxygen atoms in total. The lowest BCUT2D eigenvalue weighted by Gasteiger charge is -2.06. The molecule has 106 valence electrons. The minimum atomic E-state index is 0.880. The normalized spacial score (nSPS) is 10.9. The fourth-order valence-corrected chi connectivity index (χ4v) is 2.68. The summed E-state index contributed by atoms with van der Waals surface area (Å²) in [4.78, 5) is 4.49. The second-order valence-electron chi connectivity index (χ2n) is 4.63. The van der Waals surface area contributed by atoms with E-state index in [-0.39, 0.29) is 0 Å². The van der Waals surface area contributed by atoms with Crippen LogP contribution in [0.5, 0.6) is 0 Å². The van der Waals surface area contributed by atoms with Crippen molar-refractivity contribution < 1.29 is 0 Å². The smallest absolute Gasteiger partial charge is 0.113 e. The molecule has 3 rings (SSSR count).